The number of carbonyl (C=O) groups excluding carboxylic acids is 1. The van der Waals surface area contributed by atoms with Crippen molar-refractivity contribution < 1.29 is 13.9 Å². The molecule has 108 valence electrons. The van der Waals surface area contributed by atoms with Crippen molar-refractivity contribution in [2.24, 2.45) is 0 Å². The Morgan fingerprint density at radius 3 is 2.90 bits per heavy atom. The molecule has 0 amide bonds. The van der Waals surface area contributed by atoms with E-state index in [-0.39, 0.29) is 11.7 Å². The molecule has 0 radical (unpaired) electrons. The zero-order valence-electron chi connectivity index (χ0n) is 11.9. The number of hydrogen-bond acceptors (Lipinski definition) is 5. The second-order valence-corrected chi connectivity index (χ2v) is 4.61. The van der Waals surface area contributed by atoms with Gasteiger partial charge in [-0.15, -0.1) is 0 Å². The molecule has 2 N–H and O–H groups in total. The number of imidazole rings is 1. The Morgan fingerprint density at radius 2 is 2.35 bits per heavy atom. The molecular weight excluding hydrogens is 258 g/mol. The molecule has 2 aromatic heterocycles. The average Bonchev–Trinajstić information content (AvgIpc) is 3.05. The van der Waals surface area contributed by atoms with Gasteiger partial charge in [-0.05, 0) is 19.1 Å². The molecule has 0 aliphatic carbocycles. The summed E-state index contributed by atoms with van der Waals surface area (Å²) >= 11 is 0. The van der Waals surface area contributed by atoms with Crippen LogP contribution in [0.4, 0.5) is 5.82 Å². The van der Waals surface area contributed by atoms with E-state index in [1.807, 2.05) is 30.5 Å². The summed E-state index contributed by atoms with van der Waals surface area (Å²) in [6.45, 7) is 3.99. The Bertz CT molecular complexity index is 587. The minimum atomic E-state index is -0.513. The predicted molar refractivity (Wildman–Crippen MR) is 74.5 cm³/mol. The Morgan fingerprint density at radius 1 is 1.60 bits per heavy atom. The van der Waals surface area contributed by atoms with Crippen LogP contribution in [0.25, 0.3) is 0 Å². The maximum absolute atomic E-state index is 11.7. The van der Waals surface area contributed by atoms with Crippen molar-refractivity contribution in [3.63, 3.8) is 0 Å². The van der Waals surface area contributed by atoms with Gasteiger partial charge in [0.2, 0.25) is 0 Å². The number of aryl methyl sites for hydroxylation is 1. The van der Waals surface area contributed by atoms with Gasteiger partial charge in [0.1, 0.15) is 17.4 Å². The summed E-state index contributed by atoms with van der Waals surface area (Å²) < 4.78 is 11.9. The first kappa shape index (κ1) is 14.2. The second kappa shape index (κ2) is 5.81. The smallest absolute Gasteiger partial charge is 0.360 e. The van der Waals surface area contributed by atoms with Crippen molar-refractivity contribution in [3.05, 3.63) is 35.7 Å². The lowest BCUT2D eigenvalue weighted by molar-refractivity contribution is 0.0595. The van der Waals surface area contributed by atoms with E-state index in [1.165, 1.54) is 7.11 Å². The van der Waals surface area contributed by atoms with E-state index < -0.39 is 5.97 Å². The van der Waals surface area contributed by atoms with Gasteiger partial charge in [-0.1, -0.05) is 6.92 Å². The third-order valence-corrected chi connectivity index (χ3v) is 3.23. The van der Waals surface area contributed by atoms with E-state index in [0.29, 0.717) is 18.7 Å². The molecule has 6 nitrogen and oxygen atoms in total. The number of furan rings is 1. The van der Waals surface area contributed by atoms with E-state index in [4.69, 9.17) is 14.9 Å². The van der Waals surface area contributed by atoms with Gasteiger partial charge in [0.15, 0.2) is 5.69 Å². The summed E-state index contributed by atoms with van der Waals surface area (Å²) in [4.78, 5) is 15.9. The molecule has 2 aromatic rings. The summed E-state index contributed by atoms with van der Waals surface area (Å²) in [5, 5.41) is 0. The summed E-state index contributed by atoms with van der Waals surface area (Å²) in [6, 6.07) is 3.80. The minimum absolute atomic E-state index is 0.0435. The molecule has 0 aliphatic heterocycles. The van der Waals surface area contributed by atoms with Crippen molar-refractivity contribution in [1.29, 1.82) is 0 Å². The van der Waals surface area contributed by atoms with Gasteiger partial charge >= 0.3 is 5.97 Å². The lowest BCUT2D eigenvalue weighted by atomic mass is 10.2. The standard InChI is InChI=1S/C14H19N3O3/c1-4-11-16-12(14(18)19-3)13(15)17(11)9(2)8-10-6-5-7-20-10/h5-7,9H,4,8,15H2,1-3H3. The molecule has 0 aromatic carbocycles. The number of ether oxygens (including phenoxy) is 1. The molecule has 6 heteroatoms. The Kier molecular flexibility index (Phi) is 4.12. The molecular formula is C14H19N3O3. The highest BCUT2D eigenvalue weighted by Crippen LogP contribution is 2.24. The summed E-state index contributed by atoms with van der Waals surface area (Å²) in [6.07, 6.45) is 3.00. The largest absolute Gasteiger partial charge is 0.469 e. The Hall–Kier alpha value is -2.24. The molecule has 0 saturated carbocycles. The van der Waals surface area contributed by atoms with Crippen LogP contribution in [0.3, 0.4) is 0 Å². The normalized spacial score (nSPS) is 12.3. The van der Waals surface area contributed by atoms with Gasteiger partial charge < -0.3 is 19.5 Å². The number of nitrogen functional groups attached to an aromatic ring is 1. The molecule has 20 heavy (non-hydrogen) atoms. The van der Waals surface area contributed by atoms with Crippen LogP contribution in [-0.4, -0.2) is 22.6 Å². The molecule has 2 heterocycles. The molecule has 0 saturated heterocycles. The van der Waals surface area contributed by atoms with E-state index in [9.17, 15) is 4.79 Å². The topological polar surface area (TPSA) is 83.3 Å². The fourth-order valence-electron chi connectivity index (χ4n) is 2.29. The van der Waals surface area contributed by atoms with Crippen molar-refractivity contribution in [2.75, 3.05) is 12.8 Å². The molecule has 1 atom stereocenters. The average molecular weight is 277 g/mol. The van der Waals surface area contributed by atoms with Crippen LogP contribution < -0.4 is 5.73 Å². The number of aromatic nitrogens is 2. The Labute approximate surface area is 117 Å². The zero-order valence-corrected chi connectivity index (χ0v) is 11.9. The van der Waals surface area contributed by atoms with E-state index in [0.717, 1.165) is 11.6 Å². The van der Waals surface area contributed by atoms with Crippen molar-refractivity contribution in [2.45, 2.75) is 32.7 Å². The SMILES string of the molecule is CCc1nc(C(=O)OC)c(N)n1C(C)Cc1ccco1. The third kappa shape index (κ3) is 2.54. The van der Waals surface area contributed by atoms with Gasteiger partial charge in [0, 0.05) is 18.9 Å². The number of nitrogens with two attached hydrogens (primary N) is 1. The second-order valence-electron chi connectivity index (χ2n) is 4.61. The Balaban J connectivity index is 2.34. The highest BCUT2D eigenvalue weighted by molar-refractivity contribution is 5.92. The highest BCUT2D eigenvalue weighted by atomic mass is 16.5. The lowest BCUT2D eigenvalue weighted by Crippen LogP contribution is -2.14. The van der Waals surface area contributed by atoms with Crippen LogP contribution in [0.1, 0.15) is 42.0 Å². The number of anilines is 1. The molecule has 0 spiro atoms. The van der Waals surface area contributed by atoms with Gasteiger partial charge in [-0.2, -0.15) is 0 Å². The van der Waals surface area contributed by atoms with Crippen LogP contribution in [0.2, 0.25) is 0 Å². The first-order chi connectivity index (χ1) is 9.58. The molecule has 1 unspecified atom stereocenters. The van der Waals surface area contributed by atoms with Gasteiger partial charge in [-0.25, -0.2) is 9.78 Å². The van der Waals surface area contributed by atoms with Gasteiger partial charge in [-0.3, -0.25) is 0 Å². The predicted octanol–water partition coefficient (Wildman–Crippen LogP) is 2.21. The number of nitrogens with zero attached hydrogens (tertiary/aromatic N) is 2. The first-order valence-electron chi connectivity index (χ1n) is 6.55. The zero-order chi connectivity index (χ0) is 14.7. The van der Waals surface area contributed by atoms with E-state index in [2.05, 4.69) is 4.98 Å². The number of rotatable bonds is 5. The number of esters is 1. The van der Waals surface area contributed by atoms with Crippen LogP contribution >= 0.6 is 0 Å². The number of carbonyl (C=O) groups is 1. The van der Waals surface area contributed by atoms with Crippen molar-refractivity contribution in [1.82, 2.24) is 9.55 Å². The van der Waals surface area contributed by atoms with E-state index in [1.54, 1.807) is 6.26 Å². The quantitative estimate of drug-likeness (QED) is 0.847. The number of methoxy groups -OCH3 is 1. The number of hydrogen-bond donors (Lipinski definition) is 1. The minimum Gasteiger partial charge on any atom is -0.469 e. The van der Waals surface area contributed by atoms with Crippen LogP contribution in [-0.2, 0) is 17.6 Å². The maximum atomic E-state index is 11.7. The fraction of sp³-hybridized carbons (Fsp3) is 0.429. The van der Waals surface area contributed by atoms with Crippen molar-refractivity contribution in [3.8, 4) is 0 Å². The van der Waals surface area contributed by atoms with Crippen LogP contribution in [0, 0.1) is 0 Å². The highest BCUT2D eigenvalue weighted by Gasteiger charge is 2.23. The summed E-state index contributed by atoms with van der Waals surface area (Å²) in [7, 11) is 1.32. The van der Waals surface area contributed by atoms with Crippen LogP contribution in [0.5, 0.6) is 0 Å². The molecule has 0 bridgehead atoms. The molecule has 0 fully saturated rings. The molecule has 2 rings (SSSR count). The summed E-state index contributed by atoms with van der Waals surface area (Å²) in [5.74, 6) is 1.46. The fourth-order valence-corrected chi connectivity index (χ4v) is 2.29. The first-order valence-corrected chi connectivity index (χ1v) is 6.55. The lowest BCUT2D eigenvalue weighted by Gasteiger charge is -2.16. The summed E-state index contributed by atoms with van der Waals surface area (Å²) in [5.41, 5.74) is 6.23. The van der Waals surface area contributed by atoms with Gasteiger partial charge in [0.05, 0.1) is 13.4 Å². The maximum Gasteiger partial charge on any atom is 0.360 e. The monoisotopic (exact) mass is 277 g/mol. The van der Waals surface area contributed by atoms with E-state index >= 15 is 0 Å². The third-order valence-electron chi connectivity index (χ3n) is 3.23. The molecule has 0 aliphatic rings. The van der Waals surface area contributed by atoms with Crippen molar-refractivity contribution >= 4 is 11.8 Å². The van der Waals surface area contributed by atoms with Crippen LogP contribution in [0.15, 0.2) is 22.8 Å². The van der Waals surface area contributed by atoms with Gasteiger partial charge in [0.25, 0.3) is 0 Å².